The molecule has 8 nitrogen and oxygen atoms in total. The van der Waals surface area contributed by atoms with Gasteiger partial charge in [0.1, 0.15) is 5.76 Å². The number of piperidine rings is 1. The smallest absolute Gasteiger partial charge is 0.274 e. The lowest BCUT2D eigenvalue weighted by molar-refractivity contribution is -0.127. The molecule has 5 rings (SSSR count). The van der Waals surface area contributed by atoms with Crippen LogP contribution in [0.2, 0.25) is 0 Å². The number of aryl methyl sites for hydroxylation is 2. The third-order valence-corrected chi connectivity index (χ3v) is 7.74. The average molecular weight is 515 g/mol. The third-order valence-electron chi connectivity index (χ3n) is 7.74. The zero-order valence-electron chi connectivity index (χ0n) is 21.8. The Morgan fingerprint density at radius 3 is 2.42 bits per heavy atom. The van der Waals surface area contributed by atoms with Gasteiger partial charge >= 0.3 is 0 Å². The lowest BCUT2D eigenvalue weighted by atomic mass is 9.96. The molecule has 2 aromatic carbocycles. The quantitative estimate of drug-likeness (QED) is 0.233. The average Bonchev–Trinajstić information content (AvgIpc) is 3.66. The maximum Gasteiger partial charge on any atom is 0.274 e. The van der Waals surface area contributed by atoms with Crippen LogP contribution in [0.5, 0.6) is 0 Å². The molecule has 2 heterocycles. The number of carbonyl (C=O) groups excluding carboxylic acids is 2. The summed E-state index contributed by atoms with van der Waals surface area (Å²) in [6, 6.07) is 16.0. The third kappa shape index (κ3) is 5.87. The Kier molecular flexibility index (Phi) is 7.72. The molecule has 3 aromatic rings. The van der Waals surface area contributed by atoms with Gasteiger partial charge in [-0.3, -0.25) is 14.8 Å². The Balaban J connectivity index is 1.04. The molecule has 0 radical (unpaired) electrons. The van der Waals surface area contributed by atoms with E-state index in [9.17, 15) is 9.59 Å². The van der Waals surface area contributed by atoms with Crippen LogP contribution in [0.1, 0.15) is 58.1 Å². The molecular formula is C30H34N4O4. The number of hydrogen-bond donors (Lipinski definition) is 3. The number of carbonyl (C=O) groups is 2. The van der Waals surface area contributed by atoms with Gasteiger partial charge in [0.15, 0.2) is 0 Å². The van der Waals surface area contributed by atoms with Crippen molar-refractivity contribution in [2.75, 3.05) is 19.6 Å². The second-order valence-corrected chi connectivity index (χ2v) is 10.3. The Hall–Kier alpha value is -3.75. The number of nitrogens with one attached hydrogen (secondary N) is 2. The van der Waals surface area contributed by atoms with Crippen LogP contribution in [0.4, 0.5) is 0 Å². The summed E-state index contributed by atoms with van der Waals surface area (Å²) >= 11 is 0. The number of rotatable bonds is 8. The molecule has 1 saturated heterocycles. The fourth-order valence-corrected chi connectivity index (χ4v) is 5.34. The Morgan fingerprint density at radius 1 is 1.08 bits per heavy atom. The number of amides is 2. The van der Waals surface area contributed by atoms with E-state index in [0.29, 0.717) is 23.4 Å². The van der Waals surface area contributed by atoms with Gasteiger partial charge in [0.2, 0.25) is 5.91 Å². The molecule has 2 unspecified atom stereocenters. The molecule has 2 fully saturated rings. The fourth-order valence-electron chi connectivity index (χ4n) is 5.34. The minimum Gasteiger partial charge on any atom is -0.361 e. The summed E-state index contributed by atoms with van der Waals surface area (Å²) in [6.07, 6.45) is 6.51. The van der Waals surface area contributed by atoms with E-state index >= 15 is 0 Å². The van der Waals surface area contributed by atoms with Gasteiger partial charge in [-0.05, 0) is 80.5 Å². The van der Waals surface area contributed by atoms with Gasteiger partial charge in [-0.1, -0.05) is 41.6 Å². The molecule has 1 aromatic heterocycles. The summed E-state index contributed by atoms with van der Waals surface area (Å²) in [6.45, 7) is 6.45. The van der Waals surface area contributed by atoms with E-state index in [1.54, 1.807) is 41.9 Å². The van der Waals surface area contributed by atoms with E-state index in [-0.39, 0.29) is 5.91 Å². The summed E-state index contributed by atoms with van der Waals surface area (Å²) < 4.78 is 5.31. The van der Waals surface area contributed by atoms with Crippen molar-refractivity contribution in [1.29, 1.82) is 0 Å². The number of benzene rings is 2. The predicted octanol–water partition coefficient (Wildman–Crippen LogP) is 4.47. The number of hydroxylamine groups is 1. The summed E-state index contributed by atoms with van der Waals surface area (Å²) in [5.41, 5.74) is 7.32. The highest BCUT2D eigenvalue weighted by atomic mass is 16.5. The molecule has 1 aliphatic heterocycles. The first-order valence-electron chi connectivity index (χ1n) is 13.2. The second kappa shape index (κ2) is 11.3. The molecule has 198 valence electrons. The maximum absolute atomic E-state index is 12.6. The maximum atomic E-state index is 12.6. The van der Waals surface area contributed by atoms with Gasteiger partial charge in [-0.15, -0.1) is 0 Å². The Bertz CT molecular complexity index is 1290. The summed E-state index contributed by atoms with van der Waals surface area (Å²) in [7, 11) is 0. The normalized spacial score (nSPS) is 19.6. The first-order chi connectivity index (χ1) is 18.4. The molecule has 1 aliphatic carbocycles. The van der Waals surface area contributed by atoms with Crippen LogP contribution in [0, 0.1) is 19.8 Å². The molecule has 1 saturated carbocycles. The van der Waals surface area contributed by atoms with Crippen molar-refractivity contribution in [3.8, 4) is 11.1 Å². The highest BCUT2D eigenvalue weighted by Gasteiger charge is 2.38. The molecule has 8 heteroatoms. The highest BCUT2D eigenvalue weighted by molar-refractivity contribution is 5.94. The standard InChI is InChI=1S/C30H34N4O4/c1-19-29(20(2)38-33-19)24-10-8-23(9-11-24)26-17-27(26)31-18-22-13-15-34(16-14-22)28(35)12-5-21-3-6-25(7-4-21)30(36)32-37/h3-12,22,26-27,31,37H,13-18H2,1-2H3,(H,32,36)/b12-5+. The van der Waals surface area contributed by atoms with E-state index in [2.05, 4.69) is 34.7 Å². The molecule has 2 atom stereocenters. The largest absolute Gasteiger partial charge is 0.361 e. The van der Waals surface area contributed by atoms with Crippen LogP contribution < -0.4 is 10.8 Å². The van der Waals surface area contributed by atoms with Gasteiger partial charge in [-0.2, -0.15) is 0 Å². The minimum atomic E-state index is -0.561. The molecule has 0 bridgehead atoms. The van der Waals surface area contributed by atoms with Gasteiger partial charge < -0.3 is 14.7 Å². The van der Waals surface area contributed by atoms with Crippen molar-refractivity contribution in [2.45, 2.75) is 45.1 Å². The van der Waals surface area contributed by atoms with Gasteiger partial charge in [-0.25, -0.2) is 5.48 Å². The Labute approximate surface area is 222 Å². The summed E-state index contributed by atoms with van der Waals surface area (Å²) in [4.78, 5) is 25.9. The van der Waals surface area contributed by atoms with Crippen molar-refractivity contribution in [2.24, 2.45) is 5.92 Å². The number of likely N-dealkylation sites (tertiary alicyclic amines) is 1. The van der Waals surface area contributed by atoms with Gasteiger partial charge in [0, 0.05) is 42.3 Å². The molecule has 2 aliphatic rings. The zero-order valence-corrected chi connectivity index (χ0v) is 21.8. The van der Waals surface area contributed by atoms with Crippen LogP contribution >= 0.6 is 0 Å². The highest BCUT2D eigenvalue weighted by Crippen LogP contribution is 2.41. The minimum absolute atomic E-state index is 0.0101. The van der Waals surface area contributed by atoms with Crippen LogP contribution in [-0.2, 0) is 4.79 Å². The van der Waals surface area contributed by atoms with E-state index in [4.69, 9.17) is 9.73 Å². The summed E-state index contributed by atoms with van der Waals surface area (Å²) in [5, 5.41) is 16.5. The number of nitrogens with zero attached hydrogens (tertiary/aromatic N) is 2. The lowest BCUT2D eigenvalue weighted by Gasteiger charge is -2.31. The topological polar surface area (TPSA) is 108 Å². The van der Waals surface area contributed by atoms with Gasteiger partial charge in [0.25, 0.3) is 5.91 Å². The van der Waals surface area contributed by atoms with Crippen molar-refractivity contribution < 1.29 is 19.3 Å². The molecule has 38 heavy (non-hydrogen) atoms. The van der Waals surface area contributed by atoms with Crippen molar-refractivity contribution >= 4 is 17.9 Å². The van der Waals surface area contributed by atoms with Crippen LogP contribution in [-0.4, -0.2) is 52.8 Å². The van der Waals surface area contributed by atoms with E-state index in [0.717, 1.165) is 60.6 Å². The van der Waals surface area contributed by atoms with Crippen molar-refractivity contribution in [1.82, 2.24) is 20.9 Å². The lowest BCUT2D eigenvalue weighted by Crippen LogP contribution is -2.40. The van der Waals surface area contributed by atoms with E-state index < -0.39 is 5.91 Å². The molecule has 0 spiro atoms. The SMILES string of the molecule is Cc1noc(C)c1-c1ccc(C2CC2NCC2CCN(C(=O)/C=C/c3ccc(C(=O)NO)cc3)CC2)cc1. The number of hydrogen-bond acceptors (Lipinski definition) is 6. The van der Waals surface area contributed by atoms with E-state index in [1.165, 1.54) is 12.0 Å². The first kappa shape index (κ1) is 25.9. The monoisotopic (exact) mass is 514 g/mol. The van der Waals surface area contributed by atoms with Crippen LogP contribution in [0.25, 0.3) is 17.2 Å². The predicted molar refractivity (Wildman–Crippen MR) is 145 cm³/mol. The second-order valence-electron chi connectivity index (χ2n) is 10.3. The fraction of sp³-hybridized carbons (Fsp3) is 0.367. The first-order valence-corrected chi connectivity index (χ1v) is 13.2. The molecular weight excluding hydrogens is 480 g/mol. The molecule has 2 amide bonds. The molecule has 3 N–H and O–H groups in total. The van der Waals surface area contributed by atoms with E-state index in [1.807, 2.05) is 18.7 Å². The van der Waals surface area contributed by atoms with Crippen molar-refractivity contribution in [3.05, 3.63) is 82.8 Å². The zero-order chi connectivity index (χ0) is 26.6. The van der Waals surface area contributed by atoms with Crippen LogP contribution in [0.3, 0.4) is 0 Å². The summed E-state index contributed by atoms with van der Waals surface area (Å²) in [5.74, 6) is 1.44. The van der Waals surface area contributed by atoms with Crippen LogP contribution in [0.15, 0.2) is 59.1 Å². The Morgan fingerprint density at radius 2 is 1.79 bits per heavy atom. The number of aromatic nitrogens is 1. The van der Waals surface area contributed by atoms with Gasteiger partial charge in [0.05, 0.1) is 5.69 Å². The van der Waals surface area contributed by atoms with Crippen molar-refractivity contribution in [3.63, 3.8) is 0 Å².